The third-order valence-electron chi connectivity index (χ3n) is 4.95. The van der Waals surface area contributed by atoms with Crippen molar-refractivity contribution in [3.63, 3.8) is 0 Å². The number of fused-ring (bicyclic) bond motifs is 1. The molecule has 2 amide bonds. The number of aryl methyl sites for hydroxylation is 1. The summed E-state index contributed by atoms with van der Waals surface area (Å²) in [6.07, 6.45) is 6.51. The molecule has 6 heteroatoms. The molecular weight excluding hydrogens is 312 g/mol. The van der Waals surface area contributed by atoms with E-state index in [-0.39, 0.29) is 30.0 Å². The Morgan fingerprint density at radius 2 is 1.96 bits per heavy atom. The average Bonchev–Trinajstić information content (AvgIpc) is 3.04. The van der Waals surface area contributed by atoms with E-state index in [0.717, 1.165) is 44.9 Å². The Morgan fingerprint density at radius 3 is 2.70 bits per heavy atom. The van der Waals surface area contributed by atoms with Crippen LogP contribution in [-0.2, 0) is 16.0 Å². The number of esters is 1. The van der Waals surface area contributed by atoms with Crippen LogP contribution in [0.2, 0.25) is 0 Å². The van der Waals surface area contributed by atoms with Gasteiger partial charge < -0.3 is 15.4 Å². The first-order valence-electron chi connectivity index (χ1n) is 8.38. The van der Waals surface area contributed by atoms with Crippen molar-refractivity contribution in [3.8, 4) is 0 Å². The summed E-state index contributed by atoms with van der Waals surface area (Å²) in [6.45, 7) is 0. The number of methoxy groups -OCH3 is 1. The lowest BCUT2D eigenvalue weighted by atomic mass is 9.86. The Balaban J connectivity index is 1.47. The highest BCUT2D eigenvalue weighted by Crippen LogP contribution is 2.33. The SMILES string of the molecule is COC(=O)C1CCC(NC(=O)NC2CCCc3sccc32)CC1. The van der Waals surface area contributed by atoms with Crippen molar-refractivity contribution in [3.05, 3.63) is 21.9 Å². The van der Waals surface area contributed by atoms with Gasteiger partial charge in [0, 0.05) is 10.9 Å². The fourth-order valence-electron chi connectivity index (χ4n) is 3.66. The van der Waals surface area contributed by atoms with Gasteiger partial charge in [0.25, 0.3) is 0 Å². The number of carbonyl (C=O) groups excluding carboxylic acids is 2. The quantitative estimate of drug-likeness (QED) is 0.833. The monoisotopic (exact) mass is 336 g/mol. The van der Waals surface area contributed by atoms with Gasteiger partial charge in [0.05, 0.1) is 19.1 Å². The van der Waals surface area contributed by atoms with Gasteiger partial charge in [-0.05, 0) is 62.0 Å². The van der Waals surface area contributed by atoms with Crippen LogP contribution in [0.3, 0.4) is 0 Å². The molecule has 23 heavy (non-hydrogen) atoms. The Morgan fingerprint density at radius 1 is 1.17 bits per heavy atom. The van der Waals surface area contributed by atoms with Crippen LogP contribution in [-0.4, -0.2) is 25.2 Å². The van der Waals surface area contributed by atoms with Crippen molar-refractivity contribution >= 4 is 23.3 Å². The van der Waals surface area contributed by atoms with E-state index in [1.54, 1.807) is 11.3 Å². The Bertz CT molecular complexity index is 564. The number of carbonyl (C=O) groups is 2. The zero-order valence-electron chi connectivity index (χ0n) is 13.5. The van der Waals surface area contributed by atoms with E-state index in [9.17, 15) is 9.59 Å². The highest BCUT2D eigenvalue weighted by Gasteiger charge is 2.28. The van der Waals surface area contributed by atoms with Gasteiger partial charge in [-0.15, -0.1) is 11.3 Å². The van der Waals surface area contributed by atoms with Crippen LogP contribution in [0, 0.1) is 5.92 Å². The largest absolute Gasteiger partial charge is 0.469 e. The highest BCUT2D eigenvalue weighted by molar-refractivity contribution is 7.10. The molecule has 2 aliphatic rings. The molecular formula is C17H24N2O3S. The predicted molar refractivity (Wildman–Crippen MR) is 89.4 cm³/mol. The summed E-state index contributed by atoms with van der Waals surface area (Å²) in [5.41, 5.74) is 1.28. The molecule has 1 aromatic heterocycles. The van der Waals surface area contributed by atoms with Gasteiger partial charge in [-0.25, -0.2) is 4.79 Å². The number of rotatable bonds is 3. The van der Waals surface area contributed by atoms with E-state index in [0.29, 0.717) is 0 Å². The van der Waals surface area contributed by atoms with E-state index >= 15 is 0 Å². The van der Waals surface area contributed by atoms with E-state index in [4.69, 9.17) is 4.74 Å². The second kappa shape index (κ2) is 7.34. The lowest BCUT2D eigenvalue weighted by molar-refractivity contribution is -0.146. The summed E-state index contributed by atoms with van der Waals surface area (Å²) in [7, 11) is 1.43. The van der Waals surface area contributed by atoms with Crippen LogP contribution in [0.5, 0.6) is 0 Å². The third kappa shape index (κ3) is 3.86. The molecule has 1 atom stereocenters. The Labute approximate surface area is 140 Å². The molecule has 0 bridgehead atoms. The lowest BCUT2D eigenvalue weighted by Crippen LogP contribution is -2.45. The number of hydrogen-bond acceptors (Lipinski definition) is 4. The minimum absolute atomic E-state index is 0.00665. The fraction of sp³-hybridized carbons (Fsp3) is 0.647. The second-order valence-corrected chi connectivity index (χ2v) is 7.43. The highest BCUT2D eigenvalue weighted by atomic mass is 32.1. The zero-order valence-corrected chi connectivity index (χ0v) is 14.3. The molecule has 1 fully saturated rings. The standard InChI is InChI=1S/C17H24N2O3S/c1-22-16(20)11-5-7-12(8-6-11)18-17(21)19-14-3-2-4-15-13(14)9-10-23-15/h9-12,14H,2-8H2,1H3,(H2,18,19,21). The Kier molecular flexibility index (Phi) is 5.20. The van der Waals surface area contributed by atoms with Crippen molar-refractivity contribution in [1.29, 1.82) is 0 Å². The van der Waals surface area contributed by atoms with Crippen molar-refractivity contribution in [2.75, 3.05) is 7.11 Å². The third-order valence-corrected chi connectivity index (χ3v) is 5.95. The molecule has 0 radical (unpaired) electrons. The van der Waals surface area contributed by atoms with Gasteiger partial charge in [0.15, 0.2) is 0 Å². The van der Waals surface area contributed by atoms with Crippen LogP contribution in [0.4, 0.5) is 4.79 Å². The van der Waals surface area contributed by atoms with E-state index < -0.39 is 0 Å². The molecule has 0 saturated heterocycles. The van der Waals surface area contributed by atoms with Crippen LogP contribution in [0.1, 0.15) is 55.0 Å². The molecule has 2 aliphatic carbocycles. The van der Waals surface area contributed by atoms with Crippen molar-refractivity contribution < 1.29 is 14.3 Å². The number of hydrogen-bond donors (Lipinski definition) is 2. The summed E-state index contributed by atoms with van der Waals surface area (Å²) < 4.78 is 4.79. The molecule has 1 aromatic rings. The van der Waals surface area contributed by atoms with Crippen LogP contribution < -0.4 is 10.6 Å². The van der Waals surface area contributed by atoms with Gasteiger partial charge in [0.1, 0.15) is 0 Å². The maximum atomic E-state index is 12.3. The summed E-state index contributed by atoms with van der Waals surface area (Å²) in [4.78, 5) is 25.2. The maximum absolute atomic E-state index is 12.3. The van der Waals surface area contributed by atoms with E-state index in [1.807, 2.05) is 0 Å². The average molecular weight is 336 g/mol. The van der Waals surface area contributed by atoms with Gasteiger partial charge in [0.2, 0.25) is 0 Å². The van der Waals surface area contributed by atoms with Crippen molar-refractivity contribution in [1.82, 2.24) is 10.6 Å². The first-order valence-corrected chi connectivity index (χ1v) is 9.26. The van der Waals surface area contributed by atoms with Gasteiger partial charge >= 0.3 is 12.0 Å². The molecule has 1 saturated carbocycles. The minimum atomic E-state index is -0.125. The van der Waals surface area contributed by atoms with Gasteiger partial charge in [-0.3, -0.25) is 4.79 Å². The molecule has 3 rings (SSSR count). The predicted octanol–water partition coefficient (Wildman–Crippen LogP) is 3.16. The molecule has 1 unspecified atom stereocenters. The maximum Gasteiger partial charge on any atom is 0.315 e. The zero-order chi connectivity index (χ0) is 16.2. The Hall–Kier alpha value is -1.56. The second-order valence-electron chi connectivity index (χ2n) is 6.43. The van der Waals surface area contributed by atoms with Crippen molar-refractivity contribution in [2.24, 2.45) is 5.92 Å². The minimum Gasteiger partial charge on any atom is -0.469 e. The normalized spacial score (nSPS) is 26.9. The number of urea groups is 1. The number of ether oxygens (including phenoxy) is 1. The van der Waals surface area contributed by atoms with E-state index in [1.165, 1.54) is 17.6 Å². The summed E-state index contributed by atoms with van der Waals surface area (Å²) in [5.74, 6) is -0.132. The summed E-state index contributed by atoms with van der Waals surface area (Å²) in [6, 6.07) is 2.33. The fourth-order valence-corrected chi connectivity index (χ4v) is 4.65. The molecule has 126 valence electrons. The van der Waals surface area contributed by atoms with Crippen LogP contribution in [0.15, 0.2) is 11.4 Å². The number of thiophene rings is 1. The molecule has 0 aromatic carbocycles. The smallest absolute Gasteiger partial charge is 0.315 e. The summed E-state index contributed by atoms with van der Waals surface area (Å²) >= 11 is 1.78. The lowest BCUT2D eigenvalue weighted by Gasteiger charge is -2.29. The molecule has 2 N–H and O–H groups in total. The first kappa shape index (κ1) is 16.3. The van der Waals surface area contributed by atoms with E-state index in [2.05, 4.69) is 22.1 Å². The van der Waals surface area contributed by atoms with Gasteiger partial charge in [-0.2, -0.15) is 0 Å². The first-order chi connectivity index (χ1) is 11.2. The molecule has 5 nitrogen and oxygen atoms in total. The molecule has 0 aliphatic heterocycles. The van der Waals surface area contributed by atoms with Gasteiger partial charge in [-0.1, -0.05) is 0 Å². The van der Waals surface area contributed by atoms with Crippen LogP contribution >= 0.6 is 11.3 Å². The number of nitrogens with one attached hydrogen (secondary N) is 2. The molecule has 0 spiro atoms. The molecule has 1 heterocycles. The van der Waals surface area contributed by atoms with Crippen LogP contribution in [0.25, 0.3) is 0 Å². The van der Waals surface area contributed by atoms with Crippen molar-refractivity contribution in [2.45, 2.75) is 57.0 Å². The summed E-state index contributed by atoms with van der Waals surface area (Å²) in [5, 5.41) is 8.29. The number of amides is 2. The topological polar surface area (TPSA) is 67.4 Å².